The van der Waals surface area contributed by atoms with Crippen LogP contribution < -0.4 is 10.1 Å². The number of ether oxygens (including phenoxy) is 1. The molecule has 1 atom stereocenters. The molecule has 0 aliphatic carbocycles. The molecule has 0 fully saturated rings. The average Bonchev–Trinajstić information content (AvgIpc) is 2.89. The van der Waals surface area contributed by atoms with Crippen molar-refractivity contribution < 1.29 is 4.74 Å². The van der Waals surface area contributed by atoms with E-state index in [9.17, 15) is 0 Å². The second-order valence-corrected chi connectivity index (χ2v) is 6.07. The Labute approximate surface area is 126 Å². The van der Waals surface area contributed by atoms with E-state index in [1.165, 1.54) is 16.0 Å². The molecule has 1 N–H and O–H groups in total. The predicted octanol–water partition coefficient (Wildman–Crippen LogP) is 4.39. The van der Waals surface area contributed by atoms with Gasteiger partial charge < -0.3 is 10.1 Å². The standard InChI is InChI=1S/C15H18BrNOS/c1-4-10-7-8-19-15(10)14(17-2)12-6-5-11(18-3)9-13(12)16/h5-9,14,17H,4H2,1-3H3. The smallest absolute Gasteiger partial charge is 0.120 e. The summed E-state index contributed by atoms with van der Waals surface area (Å²) in [6.07, 6.45) is 1.06. The largest absolute Gasteiger partial charge is 0.497 e. The zero-order valence-electron chi connectivity index (χ0n) is 11.4. The summed E-state index contributed by atoms with van der Waals surface area (Å²) in [5.74, 6) is 0.868. The van der Waals surface area contributed by atoms with E-state index < -0.39 is 0 Å². The van der Waals surface area contributed by atoms with E-state index in [4.69, 9.17) is 4.74 Å². The Bertz CT molecular complexity index is 553. The van der Waals surface area contributed by atoms with Crippen LogP contribution >= 0.6 is 27.3 Å². The molecule has 4 heteroatoms. The maximum atomic E-state index is 5.25. The molecule has 0 radical (unpaired) electrons. The monoisotopic (exact) mass is 339 g/mol. The highest BCUT2D eigenvalue weighted by molar-refractivity contribution is 9.10. The summed E-state index contributed by atoms with van der Waals surface area (Å²) in [4.78, 5) is 1.39. The zero-order chi connectivity index (χ0) is 13.8. The number of thiophene rings is 1. The average molecular weight is 340 g/mol. The van der Waals surface area contributed by atoms with E-state index in [1.807, 2.05) is 19.2 Å². The highest BCUT2D eigenvalue weighted by Crippen LogP contribution is 2.35. The molecule has 2 aromatic rings. The van der Waals surface area contributed by atoms with Gasteiger partial charge >= 0.3 is 0 Å². The van der Waals surface area contributed by atoms with Gasteiger partial charge in [-0.1, -0.05) is 28.9 Å². The highest BCUT2D eigenvalue weighted by atomic mass is 79.9. The second-order valence-electron chi connectivity index (χ2n) is 4.27. The van der Waals surface area contributed by atoms with Crippen LogP contribution in [0.5, 0.6) is 5.75 Å². The lowest BCUT2D eigenvalue weighted by atomic mass is 10.0. The molecule has 19 heavy (non-hydrogen) atoms. The van der Waals surface area contributed by atoms with Gasteiger partial charge in [0.2, 0.25) is 0 Å². The maximum Gasteiger partial charge on any atom is 0.120 e. The third-order valence-corrected chi connectivity index (χ3v) is 4.94. The van der Waals surface area contributed by atoms with Gasteiger partial charge in [-0.2, -0.15) is 0 Å². The Morgan fingerprint density at radius 3 is 2.74 bits per heavy atom. The van der Waals surface area contributed by atoms with Crippen molar-refractivity contribution in [1.29, 1.82) is 0 Å². The summed E-state index contributed by atoms with van der Waals surface area (Å²) < 4.78 is 6.32. The molecule has 0 saturated heterocycles. The summed E-state index contributed by atoms with van der Waals surface area (Å²) in [6.45, 7) is 2.20. The minimum Gasteiger partial charge on any atom is -0.497 e. The van der Waals surface area contributed by atoms with Crippen molar-refractivity contribution in [2.45, 2.75) is 19.4 Å². The van der Waals surface area contributed by atoms with Gasteiger partial charge in [0.25, 0.3) is 0 Å². The van der Waals surface area contributed by atoms with Crippen LogP contribution in [-0.4, -0.2) is 14.2 Å². The first-order chi connectivity index (χ1) is 9.21. The van der Waals surface area contributed by atoms with E-state index in [0.717, 1.165) is 16.6 Å². The normalized spacial score (nSPS) is 12.4. The Kier molecular flexibility index (Phi) is 5.02. The van der Waals surface area contributed by atoms with Crippen LogP contribution in [0.15, 0.2) is 34.1 Å². The fourth-order valence-electron chi connectivity index (χ4n) is 2.19. The lowest BCUT2D eigenvalue weighted by Gasteiger charge is -2.19. The van der Waals surface area contributed by atoms with E-state index in [-0.39, 0.29) is 6.04 Å². The number of hydrogen-bond acceptors (Lipinski definition) is 3. The van der Waals surface area contributed by atoms with Crippen molar-refractivity contribution in [3.63, 3.8) is 0 Å². The van der Waals surface area contributed by atoms with Gasteiger partial charge in [-0.05, 0) is 48.2 Å². The lowest BCUT2D eigenvalue weighted by molar-refractivity contribution is 0.414. The van der Waals surface area contributed by atoms with Gasteiger partial charge in [0, 0.05) is 9.35 Å². The van der Waals surface area contributed by atoms with E-state index in [2.05, 4.69) is 45.7 Å². The highest BCUT2D eigenvalue weighted by Gasteiger charge is 2.19. The topological polar surface area (TPSA) is 21.3 Å². The number of aryl methyl sites for hydroxylation is 1. The molecule has 0 aliphatic heterocycles. The van der Waals surface area contributed by atoms with Gasteiger partial charge in [-0.15, -0.1) is 11.3 Å². The van der Waals surface area contributed by atoms with E-state index >= 15 is 0 Å². The SMILES string of the molecule is CCc1ccsc1C(NC)c1ccc(OC)cc1Br. The number of nitrogens with one attached hydrogen (secondary N) is 1. The number of hydrogen-bond donors (Lipinski definition) is 1. The molecule has 1 aromatic heterocycles. The first-order valence-electron chi connectivity index (χ1n) is 6.28. The number of rotatable bonds is 5. The van der Waals surface area contributed by atoms with Gasteiger partial charge in [0.1, 0.15) is 5.75 Å². The van der Waals surface area contributed by atoms with Crippen LogP contribution in [0.4, 0.5) is 0 Å². The quantitative estimate of drug-likeness (QED) is 0.872. The van der Waals surface area contributed by atoms with Crippen molar-refractivity contribution in [3.05, 3.63) is 50.1 Å². The number of benzene rings is 1. The number of halogens is 1. The molecule has 0 amide bonds. The summed E-state index contributed by atoms with van der Waals surface area (Å²) >= 11 is 5.45. The van der Waals surface area contributed by atoms with Gasteiger partial charge in [0.05, 0.1) is 13.2 Å². The summed E-state index contributed by atoms with van der Waals surface area (Å²) in [7, 11) is 3.69. The molecule has 0 aliphatic rings. The summed E-state index contributed by atoms with van der Waals surface area (Å²) in [5, 5.41) is 5.58. The van der Waals surface area contributed by atoms with Crippen LogP contribution in [0.3, 0.4) is 0 Å². The fraction of sp³-hybridized carbons (Fsp3) is 0.333. The second kappa shape index (κ2) is 6.55. The minimum atomic E-state index is 0.218. The fourth-order valence-corrected chi connectivity index (χ4v) is 3.90. The Morgan fingerprint density at radius 1 is 1.37 bits per heavy atom. The third kappa shape index (κ3) is 3.02. The molecule has 0 spiro atoms. The summed E-state index contributed by atoms with van der Waals surface area (Å²) in [5.41, 5.74) is 2.65. The van der Waals surface area contributed by atoms with Crippen molar-refractivity contribution in [2.75, 3.05) is 14.2 Å². The summed E-state index contributed by atoms with van der Waals surface area (Å²) in [6, 6.07) is 8.56. The van der Waals surface area contributed by atoms with Crippen molar-refractivity contribution in [2.24, 2.45) is 0 Å². The van der Waals surface area contributed by atoms with Crippen LogP contribution in [0.25, 0.3) is 0 Å². The van der Waals surface area contributed by atoms with E-state index in [1.54, 1.807) is 18.4 Å². The van der Waals surface area contributed by atoms with Crippen molar-refractivity contribution in [3.8, 4) is 5.75 Å². The van der Waals surface area contributed by atoms with Crippen molar-refractivity contribution in [1.82, 2.24) is 5.32 Å². The van der Waals surface area contributed by atoms with Crippen LogP contribution in [0.1, 0.15) is 29.0 Å². The molecule has 1 unspecified atom stereocenters. The predicted molar refractivity (Wildman–Crippen MR) is 85.3 cm³/mol. The maximum absolute atomic E-state index is 5.25. The molecule has 1 aromatic carbocycles. The van der Waals surface area contributed by atoms with Crippen LogP contribution in [-0.2, 0) is 6.42 Å². The minimum absolute atomic E-state index is 0.218. The Morgan fingerprint density at radius 2 is 2.16 bits per heavy atom. The molecule has 2 nitrogen and oxygen atoms in total. The molecule has 0 bridgehead atoms. The molecule has 2 rings (SSSR count). The Hall–Kier alpha value is -0.840. The molecule has 0 saturated carbocycles. The third-order valence-electron chi connectivity index (χ3n) is 3.23. The van der Waals surface area contributed by atoms with Gasteiger partial charge in [0.15, 0.2) is 0 Å². The van der Waals surface area contributed by atoms with Crippen molar-refractivity contribution >= 4 is 27.3 Å². The zero-order valence-corrected chi connectivity index (χ0v) is 13.8. The van der Waals surface area contributed by atoms with E-state index in [0.29, 0.717) is 0 Å². The first kappa shape index (κ1) is 14.6. The van der Waals surface area contributed by atoms with Gasteiger partial charge in [-0.3, -0.25) is 0 Å². The molecular formula is C15H18BrNOS. The van der Waals surface area contributed by atoms with Crippen LogP contribution in [0, 0.1) is 0 Å². The number of methoxy groups -OCH3 is 1. The first-order valence-corrected chi connectivity index (χ1v) is 7.95. The Balaban J connectivity index is 2.42. The lowest BCUT2D eigenvalue weighted by Crippen LogP contribution is -2.18. The van der Waals surface area contributed by atoms with Gasteiger partial charge in [-0.25, -0.2) is 0 Å². The van der Waals surface area contributed by atoms with Crippen LogP contribution in [0.2, 0.25) is 0 Å². The molecule has 1 heterocycles. The molecular weight excluding hydrogens is 322 g/mol. The molecule has 102 valence electrons.